The first-order chi connectivity index (χ1) is 16.9. The lowest BCUT2D eigenvalue weighted by Crippen LogP contribution is -2.51. The summed E-state index contributed by atoms with van der Waals surface area (Å²) >= 11 is 3.46. The highest BCUT2D eigenvalue weighted by Crippen LogP contribution is 2.22. The van der Waals surface area contributed by atoms with Crippen molar-refractivity contribution in [1.29, 1.82) is 0 Å². The average Bonchev–Trinajstić information content (AvgIpc) is 2.87. The lowest BCUT2D eigenvalue weighted by molar-refractivity contribution is -0.142. The Morgan fingerprint density at radius 2 is 1.66 bits per heavy atom. The van der Waals surface area contributed by atoms with Gasteiger partial charge in [-0.2, -0.15) is 0 Å². The number of nitrogens with zero attached hydrogens (tertiary/aromatic N) is 1. The van der Waals surface area contributed by atoms with Gasteiger partial charge in [0, 0.05) is 24.0 Å². The lowest BCUT2D eigenvalue weighted by Gasteiger charge is -2.31. The van der Waals surface area contributed by atoms with E-state index in [1.54, 1.807) is 4.90 Å². The van der Waals surface area contributed by atoms with Gasteiger partial charge in [0.05, 0.1) is 0 Å². The monoisotopic (exact) mass is 536 g/mol. The number of hydrogen-bond acceptors (Lipinski definition) is 3. The molecule has 0 saturated carbocycles. The van der Waals surface area contributed by atoms with Gasteiger partial charge in [0.2, 0.25) is 5.91 Å². The third-order valence-corrected chi connectivity index (χ3v) is 6.52. The maximum atomic E-state index is 13.6. The van der Waals surface area contributed by atoms with Gasteiger partial charge in [0.25, 0.3) is 5.91 Å². The van der Waals surface area contributed by atoms with Crippen LogP contribution in [0.3, 0.4) is 0 Å². The van der Waals surface area contributed by atoms with E-state index < -0.39 is 6.04 Å². The van der Waals surface area contributed by atoms with Gasteiger partial charge in [-0.05, 0) is 60.7 Å². The van der Waals surface area contributed by atoms with Crippen LogP contribution in [0, 0.1) is 13.8 Å². The zero-order valence-corrected chi connectivity index (χ0v) is 22.2. The summed E-state index contributed by atoms with van der Waals surface area (Å²) < 4.78 is 6.91. The Kier molecular flexibility index (Phi) is 9.91. The van der Waals surface area contributed by atoms with E-state index in [-0.39, 0.29) is 18.4 Å². The molecular weight excluding hydrogens is 504 g/mol. The molecule has 184 valence electrons. The molecule has 3 rings (SSSR count). The van der Waals surface area contributed by atoms with E-state index in [0.717, 1.165) is 33.1 Å². The van der Waals surface area contributed by atoms with Crippen LogP contribution in [-0.2, 0) is 22.6 Å². The largest absolute Gasteiger partial charge is 0.483 e. The van der Waals surface area contributed by atoms with Gasteiger partial charge in [-0.15, -0.1) is 0 Å². The fourth-order valence-corrected chi connectivity index (χ4v) is 4.07. The molecule has 0 aliphatic heterocycles. The number of rotatable bonds is 11. The fourth-order valence-electron chi connectivity index (χ4n) is 3.81. The fraction of sp³-hybridized carbons (Fsp3) is 0.310. The number of carbonyl (C=O) groups excluding carboxylic acids is 2. The molecule has 0 aliphatic rings. The first-order valence-electron chi connectivity index (χ1n) is 11.9. The summed E-state index contributed by atoms with van der Waals surface area (Å²) in [5, 5.41) is 2.99. The minimum absolute atomic E-state index is 0.146. The minimum atomic E-state index is -0.665. The average molecular weight is 537 g/mol. The summed E-state index contributed by atoms with van der Waals surface area (Å²) in [6.45, 7) is 6.72. The summed E-state index contributed by atoms with van der Waals surface area (Å²) in [6, 6.07) is 22.7. The molecular formula is C29H33BrN2O3. The normalized spacial score (nSPS) is 11.5. The maximum absolute atomic E-state index is 13.6. The van der Waals surface area contributed by atoms with Gasteiger partial charge in [-0.3, -0.25) is 9.59 Å². The number of benzene rings is 3. The number of aryl methyl sites for hydroxylation is 1. The topological polar surface area (TPSA) is 58.6 Å². The smallest absolute Gasteiger partial charge is 0.261 e. The molecule has 0 aliphatic carbocycles. The van der Waals surface area contributed by atoms with Crippen molar-refractivity contribution in [2.24, 2.45) is 0 Å². The number of halogens is 1. The molecule has 0 spiro atoms. The molecule has 0 saturated heterocycles. The number of carbonyl (C=O) groups is 2. The second kappa shape index (κ2) is 13.1. The second-order valence-corrected chi connectivity index (χ2v) is 9.55. The van der Waals surface area contributed by atoms with Crippen LogP contribution in [0.25, 0.3) is 0 Å². The van der Waals surface area contributed by atoms with Crippen molar-refractivity contribution in [3.8, 4) is 5.75 Å². The molecule has 2 amide bonds. The van der Waals surface area contributed by atoms with Crippen molar-refractivity contribution < 1.29 is 14.3 Å². The van der Waals surface area contributed by atoms with Crippen LogP contribution in [0.1, 0.15) is 35.6 Å². The van der Waals surface area contributed by atoms with E-state index in [1.165, 1.54) is 0 Å². The Balaban J connectivity index is 1.90. The van der Waals surface area contributed by atoms with Crippen molar-refractivity contribution >= 4 is 27.7 Å². The molecule has 35 heavy (non-hydrogen) atoms. The van der Waals surface area contributed by atoms with Gasteiger partial charge in [-0.25, -0.2) is 0 Å². The molecule has 0 aromatic heterocycles. The van der Waals surface area contributed by atoms with E-state index in [0.29, 0.717) is 25.3 Å². The molecule has 3 aromatic rings. The van der Waals surface area contributed by atoms with Crippen LogP contribution in [0.4, 0.5) is 0 Å². The molecule has 5 nitrogen and oxygen atoms in total. The van der Waals surface area contributed by atoms with E-state index in [2.05, 4.69) is 21.2 Å². The van der Waals surface area contributed by atoms with E-state index >= 15 is 0 Å². The summed E-state index contributed by atoms with van der Waals surface area (Å²) in [5.74, 6) is 0.284. The standard InChI is InChI=1S/C29H33BrN2O3/c1-4-17-31-29(34)26(18-23-10-6-5-7-11-23)32(19-24-13-15-25(30)16-14-24)28(33)20-35-27-12-8-9-21(2)22(27)3/h5-16,26H,4,17-20H2,1-3H3,(H,31,34). The molecule has 1 unspecified atom stereocenters. The SMILES string of the molecule is CCCNC(=O)C(Cc1ccccc1)N(Cc1ccc(Br)cc1)C(=O)COc1cccc(C)c1C. The number of amides is 2. The quantitative estimate of drug-likeness (QED) is 0.346. The van der Waals surface area contributed by atoms with Gasteiger partial charge in [-0.1, -0.05) is 77.5 Å². The predicted molar refractivity (Wildman–Crippen MR) is 143 cm³/mol. The number of hydrogen-bond donors (Lipinski definition) is 1. The molecule has 1 atom stereocenters. The summed E-state index contributed by atoms with van der Waals surface area (Å²) in [5.41, 5.74) is 4.03. The number of ether oxygens (including phenoxy) is 1. The highest BCUT2D eigenvalue weighted by atomic mass is 79.9. The van der Waals surface area contributed by atoms with Crippen molar-refractivity contribution in [2.75, 3.05) is 13.2 Å². The Morgan fingerprint density at radius 3 is 2.34 bits per heavy atom. The highest BCUT2D eigenvalue weighted by Gasteiger charge is 2.30. The third kappa shape index (κ3) is 7.69. The van der Waals surface area contributed by atoms with Crippen LogP contribution >= 0.6 is 15.9 Å². The van der Waals surface area contributed by atoms with Crippen LogP contribution in [-0.4, -0.2) is 35.9 Å². The van der Waals surface area contributed by atoms with Crippen molar-refractivity contribution in [1.82, 2.24) is 10.2 Å². The first-order valence-corrected chi connectivity index (χ1v) is 12.7. The number of nitrogens with one attached hydrogen (secondary N) is 1. The van der Waals surface area contributed by atoms with Crippen molar-refractivity contribution in [3.05, 3.63) is 99.5 Å². The first kappa shape index (κ1) is 26.5. The molecule has 1 N–H and O–H groups in total. The van der Waals surface area contributed by atoms with Crippen LogP contribution in [0.2, 0.25) is 0 Å². The molecule has 0 heterocycles. The zero-order chi connectivity index (χ0) is 25.2. The zero-order valence-electron chi connectivity index (χ0n) is 20.6. The van der Waals surface area contributed by atoms with Crippen LogP contribution in [0.15, 0.2) is 77.3 Å². The third-order valence-electron chi connectivity index (χ3n) is 5.99. The van der Waals surface area contributed by atoms with Crippen molar-refractivity contribution in [3.63, 3.8) is 0 Å². The van der Waals surface area contributed by atoms with Gasteiger partial charge < -0.3 is 15.0 Å². The molecule has 0 fully saturated rings. The Morgan fingerprint density at radius 1 is 0.943 bits per heavy atom. The Bertz CT molecular complexity index is 1120. The maximum Gasteiger partial charge on any atom is 0.261 e. The molecule has 3 aromatic carbocycles. The van der Waals surface area contributed by atoms with E-state index in [1.807, 2.05) is 93.6 Å². The van der Waals surface area contributed by atoms with Crippen molar-refractivity contribution in [2.45, 2.75) is 46.2 Å². The Labute approximate surface area is 216 Å². The predicted octanol–water partition coefficient (Wildman–Crippen LogP) is 5.61. The summed E-state index contributed by atoms with van der Waals surface area (Å²) in [7, 11) is 0. The van der Waals surface area contributed by atoms with Gasteiger partial charge >= 0.3 is 0 Å². The van der Waals surface area contributed by atoms with Crippen LogP contribution < -0.4 is 10.1 Å². The molecule has 0 radical (unpaired) electrons. The molecule has 0 bridgehead atoms. The molecule has 6 heteroatoms. The lowest BCUT2D eigenvalue weighted by atomic mass is 10.0. The van der Waals surface area contributed by atoms with Gasteiger partial charge in [0.1, 0.15) is 11.8 Å². The van der Waals surface area contributed by atoms with E-state index in [9.17, 15) is 9.59 Å². The highest BCUT2D eigenvalue weighted by molar-refractivity contribution is 9.10. The van der Waals surface area contributed by atoms with Gasteiger partial charge in [0.15, 0.2) is 6.61 Å². The van der Waals surface area contributed by atoms with E-state index in [4.69, 9.17) is 4.74 Å². The summed E-state index contributed by atoms with van der Waals surface area (Å²) in [4.78, 5) is 28.6. The Hall–Kier alpha value is -3.12. The van der Waals surface area contributed by atoms with Crippen LogP contribution in [0.5, 0.6) is 5.75 Å². The second-order valence-electron chi connectivity index (χ2n) is 8.63. The minimum Gasteiger partial charge on any atom is -0.483 e. The summed E-state index contributed by atoms with van der Waals surface area (Å²) in [6.07, 6.45) is 1.24.